The highest BCUT2D eigenvalue weighted by Gasteiger charge is 2.09. The maximum absolute atomic E-state index is 13.0. The number of aromatic nitrogens is 1. The number of nitrogens with zero attached hydrogens (tertiary/aromatic N) is 1. The second kappa shape index (κ2) is 7.86. The van der Waals surface area contributed by atoms with Gasteiger partial charge in [0.05, 0.1) is 0 Å². The molecular weight excluding hydrogens is 267 g/mol. The Balaban J connectivity index is 1.83. The first kappa shape index (κ1) is 15.6. The van der Waals surface area contributed by atoms with Crippen LogP contribution in [0.4, 0.5) is 4.39 Å². The molecule has 0 saturated heterocycles. The number of benzene rings is 1. The van der Waals surface area contributed by atoms with E-state index in [-0.39, 0.29) is 18.3 Å². The van der Waals surface area contributed by atoms with Crippen molar-refractivity contribution in [3.8, 4) is 0 Å². The van der Waals surface area contributed by atoms with Crippen LogP contribution in [0, 0.1) is 18.7 Å². The first-order valence-electron chi connectivity index (χ1n) is 7.15. The Morgan fingerprint density at radius 2 is 2.14 bits per heavy atom. The van der Waals surface area contributed by atoms with E-state index in [2.05, 4.69) is 10.3 Å². The van der Waals surface area contributed by atoms with Crippen molar-refractivity contribution in [3.05, 3.63) is 65.2 Å². The largest absolute Gasteiger partial charge is 0.396 e. The van der Waals surface area contributed by atoms with E-state index in [4.69, 9.17) is 0 Å². The molecule has 0 saturated carbocycles. The van der Waals surface area contributed by atoms with Gasteiger partial charge in [-0.2, -0.15) is 0 Å². The lowest BCUT2D eigenvalue weighted by atomic mass is 10.0. The molecule has 1 unspecified atom stereocenters. The van der Waals surface area contributed by atoms with Crippen LogP contribution in [-0.2, 0) is 13.0 Å². The van der Waals surface area contributed by atoms with Gasteiger partial charge in [0.1, 0.15) is 5.82 Å². The lowest BCUT2D eigenvalue weighted by Gasteiger charge is -2.15. The number of aliphatic hydroxyl groups excluding tert-OH is 1. The second-order valence-corrected chi connectivity index (χ2v) is 5.28. The van der Waals surface area contributed by atoms with Crippen molar-refractivity contribution in [1.82, 2.24) is 10.3 Å². The van der Waals surface area contributed by atoms with Crippen LogP contribution in [0.15, 0.2) is 42.6 Å². The molecule has 3 nitrogen and oxygen atoms in total. The SMILES string of the molecule is Cc1cc(F)ccc1CNCC(CO)Cc1ccccn1. The van der Waals surface area contributed by atoms with Crippen molar-refractivity contribution in [1.29, 1.82) is 0 Å². The van der Waals surface area contributed by atoms with Crippen LogP contribution in [0.25, 0.3) is 0 Å². The highest BCUT2D eigenvalue weighted by molar-refractivity contribution is 5.26. The van der Waals surface area contributed by atoms with E-state index in [0.717, 1.165) is 23.2 Å². The van der Waals surface area contributed by atoms with E-state index in [0.29, 0.717) is 13.1 Å². The van der Waals surface area contributed by atoms with Gasteiger partial charge in [0.15, 0.2) is 0 Å². The summed E-state index contributed by atoms with van der Waals surface area (Å²) < 4.78 is 13.0. The summed E-state index contributed by atoms with van der Waals surface area (Å²) in [4.78, 5) is 4.28. The van der Waals surface area contributed by atoms with Crippen LogP contribution in [0.1, 0.15) is 16.8 Å². The summed E-state index contributed by atoms with van der Waals surface area (Å²) in [6.45, 7) is 3.39. The monoisotopic (exact) mass is 288 g/mol. The number of aryl methyl sites for hydroxylation is 1. The first-order chi connectivity index (χ1) is 10.2. The fourth-order valence-electron chi connectivity index (χ4n) is 2.28. The predicted molar refractivity (Wildman–Crippen MR) is 81.4 cm³/mol. The summed E-state index contributed by atoms with van der Waals surface area (Å²) in [5.74, 6) is -0.0831. The fraction of sp³-hybridized carbons (Fsp3) is 0.353. The summed E-state index contributed by atoms with van der Waals surface area (Å²) in [5.41, 5.74) is 3.00. The molecule has 0 bridgehead atoms. The van der Waals surface area contributed by atoms with Gasteiger partial charge in [0.25, 0.3) is 0 Å². The maximum Gasteiger partial charge on any atom is 0.123 e. The summed E-state index contributed by atoms with van der Waals surface area (Å²) in [7, 11) is 0. The van der Waals surface area contributed by atoms with Crippen LogP contribution in [-0.4, -0.2) is 23.2 Å². The normalized spacial score (nSPS) is 12.3. The third-order valence-corrected chi connectivity index (χ3v) is 3.54. The number of nitrogens with one attached hydrogen (secondary N) is 1. The summed E-state index contributed by atoms with van der Waals surface area (Å²) in [6, 6.07) is 10.6. The van der Waals surface area contributed by atoms with Crippen LogP contribution in [0.2, 0.25) is 0 Å². The minimum atomic E-state index is -0.209. The van der Waals surface area contributed by atoms with Gasteiger partial charge in [0.2, 0.25) is 0 Å². The highest BCUT2D eigenvalue weighted by atomic mass is 19.1. The number of aliphatic hydroxyl groups is 1. The van der Waals surface area contributed by atoms with Gasteiger partial charge < -0.3 is 10.4 Å². The van der Waals surface area contributed by atoms with E-state index in [1.807, 2.05) is 25.1 Å². The van der Waals surface area contributed by atoms with Gasteiger partial charge in [-0.15, -0.1) is 0 Å². The molecule has 0 aliphatic rings. The van der Waals surface area contributed by atoms with Crippen LogP contribution in [0.5, 0.6) is 0 Å². The second-order valence-electron chi connectivity index (χ2n) is 5.28. The van der Waals surface area contributed by atoms with Gasteiger partial charge in [-0.1, -0.05) is 12.1 Å². The molecule has 1 aromatic carbocycles. The molecule has 1 heterocycles. The van der Waals surface area contributed by atoms with E-state index in [9.17, 15) is 9.50 Å². The third-order valence-electron chi connectivity index (χ3n) is 3.54. The predicted octanol–water partition coefficient (Wildman–Crippen LogP) is 2.47. The summed E-state index contributed by atoms with van der Waals surface area (Å²) in [5, 5.41) is 12.8. The van der Waals surface area contributed by atoms with E-state index < -0.39 is 0 Å². The third kappa shape index (κ3) is 4.92. The molecule has 2 rings (SSSR count). The smallest absolute Gasteiger partial charge is 0.123 e. The number of halogens is 1. The van der Waals surface area contributed by atoms with Crippen molar-refractivity contribution >= 4 is 0 Å². The van der Waals surface area contributed by atoms with Crippen molar-refractivity contribution < 1.29 is 9.50 Å². The molecule has 0 aliphatic heterocycles. The molecule has 0 radical (unpaired) electrons. The van der Waals surface area contributed by atoms with E-state index in [1.54, 1.807) is 12.3 Å². The molecule has 2 aromatic rings. The number of hydrogen-bond donors (Lipinski definition) is 2. The average Bonchev–Trinajstić information content (AvgIpc) is 2.49. The molecule has 0 aliphatic carbocycles. The minimum absolute atomic E-state index is 0.117. The number of pyridine rings is 1. The molecule has 1 aromatic heterocycles. The lowest BCUT2D eigenvalue weighted by molar-refractivity contribution is 0.220. The zero-order chi connectivity index (χ0) is 15.1. The van der Waals surface area contributed by atoms with Crippen LogP contribution < -0.4 is 5.32 Å². The van der Waals surface area contributed by atoms with Gasteiger partial charge in [-0.05, 0) is 54.7 Å². The Morgan fingerprint density at radius 3 is 2.81 bits per heavy atom. The molecule has 1 atom stereocenters. The van der Waals surface area contributed by atoms with E-state index in [1.165, 1.54) is 12.1 Å². The molecule has 4 heteroatoms. The molecule has 112 valence electrons. The Hall–Kier alpha value is -1.78. The minimum Gasteiger partial charge on any atom is -0.396 e. The van der Waals surface area contributed by atoms with Gasteiger partial charge in [-0.3, -0.25) is 4.98 Å². The zero-order valence-electron chi connectivity index (χ0n) is 12.2. The van der Waals surface area contributed by atoms with E-state index >= 15 is 0 Å². The summed E-state index contributed by atoms with van der Waals surface area (Å²) >= 11 is 0. The quantitative estimate of drug-likeness (QED) is 0.822. The van der Waals surface area contributed by atoms with Crippen LogP contribution >= 0.6 is 0 Å². The summed E-state index contributed by atoms with van der Waals surface area (Å²) in [6.07, 6.45) is 2.51. The van der Waals surface area contributed by atoms with Gasteiger partial charge in [-0.25, -0.2) is 4.39 Å². The molecule has 0 spiro atoms. The number of hydrogen-bond acceptors (Lipinski definition) is 3. The number of rotatable bonds is 7. The lowest BCUT2D eigenvalue weighted by Crippen LogP contribution is -2.27. The van der Waals surface area contributed by atoms with Crippen molar-refractivity contribution in [2.45, 2.75) is 19.9 Å². The molecular formula is C17H21FN2O. The van der Waals surface area contributed by atoms with Crippen molar-refractivity contribution in [2.24, 2.45) is 5.92 Å². The van der Waals surface area contributed by atoms with Crippen LogP contribution in [0.3, 0.4) is 0 Å². The Morgan fingerprint density at radius 1 is 1.29 bits per heavy atom. The molecule has 2 N–H and O–H groups in total. The zero-order valence-corrected chi connectivity index (χ0v) is 12.2. The first-order valence-corrected chi connectivity index (χ1v) is 7.15. The van der Waals surface area contributed by atoms with Gasteiger partial charge >= 0.3 is 0 Å². The van der Waals surface area contributed by atoms with Crippen molar-refractivity contribution in [2.75, 3.05) is 13.2 Å². The topological polar surface area (TPSA) is 45.1 Å². The highest BCUT2D eigenvalue weighted by Crippen LogP contribution is 2.10. The molecule has 21 heavy (non-hydrogen) atoms. The molecule has 0 fully saturated rings. The molecule has 0 amide bonds. The maximum atomic E-state index is 13.0. The Labute approximate surface area is 124 Å². The fourth-order valence-corrected chi connectivity index (χ4v) is 2.28. The van der Waals surface area contributed by atoms with Gasteiger partial charge in [0, 0.05) is 31.6 Å². The standard InChI is InChI=1S/C17H21FN2O/c1-13-8-16(18)6-5-15(13)11-19-10-14(12-21)9-17-4-2-3-7-20-17/h2-8,14,19,21H,9-12H2,1H3. The Kier molecular flexibility index (Phi) is 5.84. The average molecular weight is 288 g/mol. The Bertz CT molecular complexity index is 560. The van der Waals surface area contributed by atoms with Crippen molar-refractivity contribution in [3.63, 3.8) is 0 Å².